The predicted molar refractivity (Wildman–Crippen MR) is 143 cm³/mol. The molecule has 0 aliphatic heterocycles. The van der Waals surface area contributed by atoms with E-state index in [1.54, 1.807) is 24.3 Å². The highest BCUT2D eigenvalue weighted by Crippen LogP contribution is 2.33. The molecular weight excluding hydrogens is 564 g/mol. The van der Waals surface area contributed by atoms with Crippen LogP contribution in [-0.4, -0.2) is 39.2 Å². The van der Waals surface area contributed by atoms with E-state index in [-0.39, 0.29) is 45.1 Å². The zero-order valence-corrected chi connectivity index (χ0v) is 22.4. The van der Waals surface area contributed by atoms with Gasteiger partial charge in [0.15, 0.2) is 35.0 Å². The Morgan fingerprint density at radius 3 is 1.40 bits per heavy atom. The molecular formula is C30H20N2O9S. The number of carbonyl (C=O) groups is 6. The van der Waals surface area contributed by atoms with Gasteiger partial charge in [0, 0.05) is 32.0 Å². The molecule has 0 radical (unpaired) electrons. The van der Waals surface area contributed by atoms with Crippen LogP contribution in [-0.2, 0) is 33.5 Å². The lowest BCUT2D eigenvalue weighted by Gasteiger charge is -2.07. The lowest BCUT2D eigenvalue weighted by molar-refractivity contribution is -0.123. The Labute approximate surface area is 239 Å². The van der Waals surface area contributed by atoms with Gasteiger partial charge in [-0.3, -0.25) is 28.8 Å². The van der Waals surface area contributed by atoms with Crippen molar-refractivity contribution in [3.8, 4) is 0 Å². The van der Waals surface area contributed by atoms with E-state index in [1.165, 1.54) is 48.9 Å². The summed E-state index contributed by atoms with van der Waals surface area (Å²) in [5, 5.41) is 5.03. The predicted octanol–water partition coefficient (Wildman–Crippen LogP) is 2.66. The Hall–Kier alpha value is -5.23. The van der Waals surface area contributed by atoms with Gasteiger partial charge in [-0.2, -0.15) is 0 Å². The molecule has 0 fully saturated rings. The Balaban J connectivity index is 1.19. The second kappa shape index (κ2) is 10.6. The Morgan fingerprint density at radius 1 is 0.619 bits per heavy atom. The first kappa shape index (κ1) is 27.0. The molecule has 2 unspecified atom stereocenters. The van der Waals surface area contributed by atoms with Crippen LogP contribution in [0.3, 0.4) is 0 Å². The number of rotatable bonds is 8. The van der Waals surface area contributed by atoms with Gasteiger partial charge >= 0.3 is 0 Å². The highest BCUT2D eigenvalue weighted by molar-refractivity contribution is 7.85. The average molecular weight is 585 g/mol. The summed E-state index contributed by atoms with van der Waals surface area (Å²) in [5.74, 6) is -6.55. The van der Waals surface area contributed by atoms with Crippen LogP contribution in [0.1, 0.15) is 53.0 Å². The van der Waals surface area contributed by atoms with Crippen molar-refractivity contribution in [1.82, 2.24) is 10.6 Å². The van der Waals surface area contributed by atoms with E-state index in [2.05, 4.69) is 10.6 Å². The molecule has 12 heteroatoms. The van der Waals surface area contributed by atoms with E-state index in [1.807, 2.05) is 0 Å². The molecule has 4 aromatic rings. The van der Waals surface area contributed by atoms with Crippen molar-refractivity contribution in [2.75, 3.05) is 0 Å². The van der Waals surface area contributed by atoms with Crippen LogP contribution < -0.4 is 10.6 Å². The molecule has 2 amide bonds. The molecule has 42 heavy (non-hydrogen) atoms. The normalized spacial score (nSPS) is 18.1. The third-order valence-corrected chi connectivity index (χ3v) is 8.44. The zero-order valence-electron chi connectivity index (χ0n) is 21.6. The largest absolute Gasteiger partial charge is 0.467 e. The number of benzene rings is 2. The number of ketones is 4. The summed E-state index contributed by atoms with van der Waals surface area (Å²) < 4.78 is 23.8. The Kier molecular flexibility index (Phi) is 6.83. The third kappa shape index (κ3) is 4.61. The Bertz CT molecular complexity index is 1690. The minimum absolute atomic E-state index is 0.000550. The molecule has 2 atom stereocenters. The van der Waals surface area contributed by atoms with E-state index in [0.29, 0.717) is 11.5 Å². The molecule has 0 saturated heterocycles. The number of hydrogen-bond acceptors (Lipinski definition) is 9. The highest BCUT2D eigenvalue weighted by atomic mass is 32.2. The number of Topliss-reactive ketones (excluding diaryl/α,β-unsaturated/α-hetero) is 4. The number of nitrogens with one attached hydrogen (secondary N) is 2. The van der Waals surface area contributed by atoms with Gasteiger partial charge in [0.05, 0.1) is 36.4 Å². The van der Waals surface area contributed by atoms with Gasteiger partial charge in [-0.15, -0.1) is 0 Å². The first-order chi connectivity index (χ1) is 20.2. The van der Waals surface area contributed by atoms with Crippen molar-refractivity contribution in [1.29, 1.82) is 0 Å². The molecule has 2 aromatic heterocycles. The monoisotopic (exact) mass is 584 g/mol. The summed E-state index contributed by atoms with van der Waals surface area (Å²) in [6, 6.07) is 14.6. The van der Waals surface area contributed by atoms with Gasteiger partial charge in [-0.1, -0.05) is 0 Å². The van der Waals surface area contributed by atoms with E-state index in [9.17, 15) is 33.0 Å². The van der Waals surface area contributed by atoms with Gasteiger partial charge in [-0.25, -0.2) is 4.21 Å². The van der Waals surface area contributed by atoms with Crippen molar-refractivity contribution >= 4 is 45.7 Å². The summed E-state index contributed by atoms with van der Waals surface area (Å²) in [4.78, 5) is 77.5. The standard InChI is InChI=1S/C30H20N2O9S/c33-25-19-7-5-17(11-21(19)27(35)23(25)29(37)31-13-15-3-1-9-40-15)42(39)18-6-8-20-22(12-18)28(36)24(26(20)34)30(38)32-14-16-4-2-10-41-16/h1-12,23-24H,13-14H2,(H,31,37)(H,32,38). The van der Waals surface area contributed by atoms with Crippen molar-refractivity contribution < 1.29 is 41.8 Å². The van der Waals surface area contributed by atoms with E-state index < -0.39 is 57.6 Å². The molecule has 2 aliphatic rings. The zero-order chi connectivity index (χ0) is 29.5. The number of furan rings is 2. The molecule has 6 rings (SSSR count). The Morgan fingerprint density at radius 2 is 1.02 bits per heavy atom. The first-order valence-corrected chi connectivity index (χ1v) is 13.9. The highest BCUT2D eigenvalue weighted by Gasteiger charge is 2.45. The second-order valence-corrected chi connectivity index (χ2v) is 11.1. The lowest BCUT2D eigenvalue weighted by atomic mass is 10.0. The minimum atomic E-state index is -1.93. The minimum Gasteiger partial charge on any atom is -0.467 e. The first-order valence-electron chi connectivity index (χ1n) is 12.7. The summed E-state index contributed by atoms with van der Waals surface area (Å²) in [7, 11) is -1.93. The lowest BCUT2D eigenvalue weighted by Crippen LogP contribution is -2.36. The van der Waals surface area contributed by atoms with Gasteiger partial charge in [0.25, 0.3) is 0 Å². The molecule has 11 nitrogen and oxygen atoms in total. The van der Waals surface area contributed by atoms with Crippen molar-refractivity contribution in [2.24, 2.45) is 11.8 Å². The van der Waals surface area contributed by atoms with Gasteiger partial charge in [0.2, 0.25) is 11.8 Å². The van der Waals surface area contributed by atoms with Gasteiger partial charge in [0.1, 0.15) is 11.5 Å². The van der Waals surface area contributed by atoms with Crippen LogP contribution in [0.4, 0.5) is 0 Å². The third-order valence-electron chi connectivity index (χ3n) is 7.08. The summed E-state index contributed by atoms with van der Waals surface area (Å²) in [5.41, 5.74) is 0.00321. The number of carbonyl (C=O) groups excluding carboxylic acids is 6. The fourth-order valence-electron chi connectivity index (χ4n) is 4.97. The summed E-state index contributed by atoms with van der Waals surface area (Å²) in [6.07, 6.45) is 2.86. The molecule has 2 N–H and O–H groups in total. The molecule has 2 heterocycles. The quantitative estimate of drug-likeness (QED) is 0.296. The van der Waals surface area contributed by atoms with Crippen molar-refractivity contribution in [3.05, 3.63) is 107 Å². The molecule has 0 saturated carbocycles. The maximum atomic E-state index is 13.5. The van der Waals surface area contributed by atoms with E-state index >= 15 is 0 Å². The van der Waals surface area contributed by atoms with Crippen LogP contribution in [0.25, 0.3) is 0 Å². The van der Waals surface area contributed by atoms with Gasteiger partial charge in [-0.05, 0) is 60.7 Å². The molecule has 2 aromatic carbocycles. The molecule has 2 aliphatic carbocycles. The fraction of sp³-hybridized carbons (Fsp3) is 0.133. The summed E-state index contributed by atoms with van der Waals surface area (Å²) >= 11 is 0. The maximum Gasteiger partial charge on any atom is 0.239 e. The smallest absolute Gasteiger partial charge is 0.239 e. The molecule has 0 bridgehead atoms. The second-order valence-electron chi connectivity index (χ2n) is 9.60. The van der Waals surface area contributed by atoms with Gasteiger partial charge < -0.3 is 19.5 Å². The molecule has 210 valence electrons. The molecule has 0 spiro atoms. The van der Waals surface area contributed by atoms with Crippen molar-refractivity contribution in [3.63, 3.8) is 0 Å². The topological polar surface area (TPSA) is 170 Å². The van der Waals surface area contributed by atoms with Crippen LogP contribution in [0.15, 0.2) is 91.8 Å². The van der Waals surface area contributed by atoms with E-state index in [4.69, 9.17) is 8.83 Å². The van der Waals surface area contributed by atoms with Crippen LogP contribution in [0.2, 0.25) is 0 Å². The maximum absolute atomic E-state index is 13.5. The van der Waals surface area contributed by atoms with E-state index in [0.717, 1.165) is 0 Å². The van der Waals surface area contributed by atoms with Crippen LogP contribution in [0.5, 0.6) is 0 Å². The number of fused-ring (bicyclic) bond motifs is 2. The number of amides is 2. The van der Waals surface area contributed by atoms with Crippen LogP contribution in [0, 0.1) is 11.8 Å². The van der Waals surface area contributed by atoms with Crippen molar-refractivity contribution in [2.45, 2.75) is 22.9 Å². The van der Waals surface area contributed by atoms with Crippen LogP contribution >= 0.6 is 0 Å². The average Bonchev–Trinajstić information content (AvgIpc) is 3.79. The summed E-state index contributed by atoms with van der Waals surface area (Å²) in [6.45, 7) is 0.00110. The SMILES string of the molecule is O=C(NCc1ccco1)C1C(=O)c2ccc(S(=O)c3ccc4c(c3)C(=O)C(C(=O)NCc3ccco3)C4=O)cc2C1=O. The fourth-order valence-corrected chi connectivity index (χ4v) is 6.07. The number of hydrogen-bond donors (Lipinski definition) is 2.